The van der Waals surface area contributed by atoms with E-state index in [1.54, 1.807) is 18.2 Å². The summed E-state index contributed by atoms with van der Waals surface area (Å²) in [5.74, 6) is 0.174. The highest BCUT2D eigenvalue weighted by Crippen LogP contribution is 2.14. The lowest BCUT2D eigenvalue weighted by atomic mass is 10.1. The van der Waals surface area contributed by atoms with Crippen molar-refractivity contribution in [2.24, 2.45) is 0 Å². The van der Waals surface area contributed by atoms with E-state index in [9.17, 15) is 9.59 Å². The summed E-state index contributed by atoms with van der Waals surface area (Å²) in [7, 11) is 0. The first kappa shape index (κ1) is 20.3. The fourth-order valence-electron chi connectivity index (χ4n) is 2.69. The number of hydrogen-bond donors (Lipinski definition) is 2. The molecular weight excluding hydrogens is 368 g/mol. The third-order valence-corrected chi connectivity index (χ3v) is 4.46. The number of amides is 2. The summed E-state index contributed by atoms with van der Waals surface area (Å²) < 4.78 is 5.42. The zero-order valence-electron chi connectivity index (χ0n) is 16.8. The van der Waals surface area contributed by atoms with Crippen molar-refractivity contribution in [3.8, 4) is 5.75 Å². The van der Waals surface area contributed by atoms with Gasteiger partial charge in [-0.25, -0.2) is 9.97 Å². The summed E-state index contributed by atoms with van der Waals surface area (Å²) >= 11 is 0. The van der Waals surface area contributed by atoms with Gasteiger partial charge >= 0.3 is 0 Å². The number of ether oxygens (including phenoxy) is 1. The van der Waals surface area contributed by atoms with E-state index in [0.29, 0.717) is 29.9 Å². The van der Waals surface area contributed by atoms with Crippen LogP contribution in [-0.2, 0) is 4.79 Å². The second-order valence-electron chi connectivity index (χ2n) is 6.81. The van der Waals surface area contributed by atoms with Crippen molar-refractivity contribution in [1.29, 1.82) is 0 Å². The smallest absolute Gasteiger partial charge is 0.258 e. The molecule has 0 radical (unpaired) electrons. The van der Waals surface area contributed by atoms with Crippen molar-refractivity contribution in [2.45, 2.75) is 20.8 Å². The van der Waals surface area contributed by atoms with Crippen LogP contribution in [0.15, 0.2) is 42.5 Å². The van der Waals surface area contributed by atoms with E-state index in [0.717, 1.165) is 22.5 Å². The van der Waals surface area contributed by atoms with Crippen LogP contribution in [0.1, 0.15) is 27.3 Å². The van der Waals surface area contributed by atoms with Crippen molar-refractivity contribution in [3.63, 3.8) is 0 Å². The third kappa shape index (κ3) is 5.51. The average molecular weight is 392 g/mol. The number of carbonyl (C=O) groups is 2. The van der Waals surface area contributed by atoms with Crippen LogP contribution in [0.4, 0.5) is 0 Å². The second kappa shape index (κ2) is 9.14. The SMILES string of the molecule is Cc1ccc(OCC(=O)NCCNC(=O)c2ccc3nc(C)c(C)nc3c2)cc1. The van der Waals surface area contributed by atoms with Crippen LogP contribution in [0.2, 0.25) is 0 Å². The van der Waals surface area contributed by atoms with E-state index in [2.05, 4.69) is 20.6 Å². The standard InChI is InChI=1S/C22H24N4O3/c1-14-4-7-18(8-5-14)29-13-21(27)23-10-11-24-22(28)17-6-9-19-20(12-17)26-16(3)15(2)25-19/h4-9,12H,10-11,13H2,1-3H3,(H,23,27)(H,24,28). The molecule has 0 aliphatic heterocycles. The highest BCUT2D eigenvalue weighted by Gasteiger charge is 2.09. The van der Waals surface area contributed by atoms with Crippen LogP contribution >= 0.6 is 0 Å². The highest BCUT2D eigenvalue weighted by molar-refractivity contribution is 5.97. The van der Waals surface area contributed by atoms with Crippen LogP contribution in [0.3, 0.4) is 0 Å². The van der Waals surface area contributed by atoms with Crippen molar-refractivity contribution in [3.05, 3.63) is 65.0 Å². The maximum atomic E-state index is 12.3. The number of fused-ring (bicyclic) bond motifs is 1. The Kier molecular flexibility index (Phi) is 6.39. The lowest BCUT2D eigenvalue weighted by Crippen LogP contribution is -2.36. The minimum atomic E-state index is -0.244. The number of hydrogen-bond acceptors (Lipinski definition) is 5. The van der Waals surface area contributed by atoms with Crippen LogP contribution in [0.25, 0.3) is 11.0 Å². The van der Waals surface area contributed by atoms with Gasteiger partial charge in [-0.2, -0.15) is 0 Å². The Morgan fingerprint density at radius 3 is 2.24 bits per heavy atom. The predicted molar refractivity (Wildman–Crippen MR) is 111 cm³/mol. The van der Waals surface area contributed by atoms with Gasteiger partial charge in [-0.3, -0.25) is 9.59 Å². The molecule has 1 aromatic heterocycles. The molecule has 2 N–H and O–H groups in total. The molecule has 3 aromatic rings. The van der Waals surface area contributed by atoms with Crippen LogP contribution in [0, 0.1) is 20.8 Å². The summed E-state index contributed by atoms with van der Waals surface area (Å²) in [6.45, 7) is 6.33. The third-order valence-electron chi connectivity index (χ3n) is 4.46. The van der Waals surface area contributed by atoms with Gasteiger partial charge in [0.15, 0.2) is 6.61 Å². The Morgan fingerprint density at radius 1 is 0.862 bits per heavy atom. The Morgan fingerprint density at radius 2 is 1.52 bits per heavy atom. The molecule has 0 aliphatic carbocycles. The summed E-state index contributed by atoms with van der Waals surface area (Å²) in [5.41, 5.74) is 4.78. The maximum absolute atomic E-state index is 12.3. The molecule has 0 saturated carbocycles. The molecule has 0 aliphatic rings. The fourth-order valence-corrected chi connectivity index (χ4v) is 2.69. The topological polar surface area (TPSA) is 93.2 Å². The van der Waals surface area contributed by atoms with E-state index in [1.807, 2.05) is 45.0 Å². The average Bonchev–Trinajstić information content (AvgIpc) is 2.71. The molecule has 2 amide bonds. The molecule has 0 spiro atoms. The number of nitrogens with zero attached hydrogens (tertiary/aromatic N) is 2. The number of benzene rings is 2. The summed E-state index contributed by atoms with van der Waals surface area (Å²) in [5, 5.41) is 5.50. The van der Waals surface area contributed by atoms with Gasteiger partial charge in [0.05, 0.1) is 22.4 Å². The molecular formula is C22H24N4O3. The number of nitrogens with one attached hydrogen (secondary N) is 2. The molecule has 1 heterocycles. The molecule has 3 rings (SSSR count). The van der Waals surface area contributed by atoms with Crippen molar-refractivity contribution in [2.75, 3.05) is 19.7 Å². The van der Waals surface area contributed by atoms with Crippen molar-refractivity contribution < 1.29 is 14.3 Å². The van der Waals surface area contributed by atoms with Gasteiger partial charge in [-0.1, -0.05) is 17.7 Å². The minimum absolute atomic E-state index is 0.0703. The number of carbonyl (C=O) groups excluding carboxylic acids is 2. The largest absolute Gasteiger partial charge is 0.484 e. The van der Waals surface area contributed by atoms with Gasteiger partial charge in [0.1, 0.15) is 5.75 Å². The molecule has 7 nitrogen and oxygen atoms in total. The first-order chi connectivity index (χ1) is 13.9. The van der Waals surface area contributed by atoms with Gasteiger partial charge in [-0.15, -0.1) is 0 Å². The van der Waals surface area contributed by atoms with Crippen LogP contribution in [-0.4, -0.2) is 41.5 Å². The van der Waals surface area contributed by atoms with E-state index in [-0.39, 0.29) is 18.4 Å². The first-order valence-corrected chi connectivity index (χ1v) is 9.42. The second-order valence-corrected chi connectivity index (χ2v) is 6.81. The number of rotatable bonds is 7. The molecule has 0 unspecified atom stereocenters. The zero-order chi connectivity index (χ0) is 20.8. The summed E-state index contributed by atoms with van der Waals surface area (Å²) in [6.07, 6.45) is 0. The van der Waals surface area contributed by atoms with Gasteiger partial charge in [-0.05, 0) is 51.1 Å². The Labute approximate surface area is 169 Å². The number of aromatic nitrogens is 2. The zero-order valence-corrected chi connectivity index (χ0v) is 16.8. The molecule has 150 valence electrons. The summed E-state index contributed by atoms with van der Waals surface area (Å²) in [6, 6.07) is 12.7. The van der Waals surface area contributed by atoms with E-state index in [1.165, 1.54) is 0 Å². The lowest BCUT2D eigenvalue weighted by Gasteiger charge is -2.09. The van der Waals surface area contributed by atoms with Crippen molar-refractivity contribution >= 4 is 22.8 Å². The highest BCUT2D eigenvalue weighted by atomic mass is 16.5. The normalized spacial score (nSPS) is 10.6. The molecule has 7 heteroatoms. The van der Waals surface area contributed by atoms with Crippen molar-refractivity contribution in [1.82, 2.24) is 20.6 Å². The predicted octanol–water partition coefficient (Wildman–Crippen LogP) is 2.48. The molecule has 0 saturated heterocycles. The van der Waals surface area contributed by atoms with Gasteiger partial charge in [0.25, 0.3) is 11.8 Å². The van der Waals surface area contributed by atoms with Crippen LogP contribution in [0.5, 0.6) is 5.75 Å². The Hall–Kier alpha value is -3.48. The lowest BCUT2D eigenvalue weighted by molar-refractivity contribution is -0.123. The quantitative estimate of drug-likeness (QED) is 0.603. The molecule has 29 heavy (non-hydrogen) atoms. The van der Waals surface area contributed by atoms with Gasteiger partial charge < -0.3 is 15.4 Å². The first-order valence-electron chi connectivity index (χ1n) is 9.42. The monoisotopic (exact) mass is 392 g/mol. The van der Waals surface area contributed by atoms with E-state index in [4.69, 9.17) is 4.74 Å². The van der Waals surface area contributed by atoms with E-state index < -0.39 is 0 Å². The van der Waals surface area contributed by atoms with Gasteiger partial charge in [0.2, 0.25) is 0 Å². The Balaban J connectivity index is 1.43. The van der Waals surface area contributed by atoms with E-state index >= 15 is 0 Å². The molecule has 2 aromatic carbocycles. The maximum Gasteiger partial charge on any atom is 0.258 e. The molecule has 0 atom stereocenters. The molecule has 0 fully saturated rings. The summed E-state index contributed by atoms with van der Waals surface area (Å²) in [4.78, 5) is 33.1. The van der Waals surface area contributed by atoms with Crippen LogP contribution < -0.4 is 15.4 Å². The Bertz CT molecular complexity index is 1030. The fraction of sp³-hybridized carbons (Fsp3) is 0.273. The number of aryl methyl sites for hydroxylation is 3. The molecule has 0 bridgehead atoms. The minimum Gasteiger partial charge on any atom is -0.484 e. The van der Waals surface area contributed by atoms with Gasteiger partial charge in [0, 0.05) is 18.7 Å².